The smallest absolute Gasteiger partial charge is 0.183 e. The molecule has 2 heterocycles. The lowest BCUT2D eigenvalue weighted by atomic mass is 10.3. The fraction of sp³-hybridized carbons (Fsp3) is 0.222. The summed E-state index contributed by atoms with van der Waals surface area (Å²) in [4.78, 5) is 4.45. The van der Waals surface area contributed by atoms with E-state index in [1.165, 1.54) is 5.56 Å². The first-order chi connectivity index (χ1) is 6.90. The van der Waals surface area contributed by atoms with E-state index >= 15 is 0 Å². The van der Waals surface area contributed by atoms with Crippen LogP contribution in [0.5, 0.6) is 0 Å². The molecule has 0 spiro atoms. The summed E-state index contributed by atoms with van der Waals surface area (Å²) in [6, 6.07) is 2.08. The van der Waals surface area contributed by atoms with Crippen molar-refractivity contribution in [3.05, 3.63) is 22.2 Å². The number of thiazole rings is 1. The number of nitrogens with one attached hydrogen (secondary N) is 1. The van der Waals surface area contributed by atoms with Crippen LogP contribution in [0.15, 0.2) is 22.2 Å². The number of rotatable bonds is 4. The molecule has 3 N–H and O–H groups in total. The van der Waals surface area contributed by atoms with E-state index in [9.17, 15) is 0 Å². The van der Waals surface area contributed by atoms with Crippen LogP contribution < -0.4 is 11.1 Å². The maximum atomic E-state index is 5.39. The average Bonchev–Trinajstić information content (AvgIpc) is 2.85. The highest BCUT2D eigenvalue weighted by molar-refractivity contribution is 7.14. The predicted octanol–water partition coefficient (Wildman–Crippen LogP) is 2.24. The Morgan fingerprint density at radius 2 is 2.36 bits per heavy atom. The van der Waals surface area contributed by atoms with E-state index in [0.717, 1.165) is 17.4 Å². The number of nitrogens with two attached hydrogens (primary N) is 1. The quantitative estimate of drug-likeness (QED) is 0.839. The highest BCUT2D eigenvalue weighted by Gasteiger charge is 2.03. The van der Waals surface area contributed by atoms with Crippen molar-refractivity contribution >= 4 is 27.8 Å². The third kappa shape index (κ3) is 2.12. The van der Waals surface area contributed by atoms with Gasteiger partial charge in [-0.2, -0.15) is 11.3 Å². The standard InChI is InChI=1S/C9H11N3S2/c10-2-3-11-9-12-8(6-14-9)7-1-4-13-5-7/h1,4-6H,2-3,10H2,(H,11,12). The first-order valence-electron chi connectivity index (χ1n) is 4.32. The van der Waals surface area contributed by atoms with Crippen molar-refractivity contribution < 1.29 is 0 Å². The van der Waals surface area contributed by atoms with E-state index in [1.54, 1.807) is 22.7 Å². The van der Waals surface area contributed by atoms with Crippen LogP contribution in [0.3, 0.4) is 0 Å². The summed E-state index contributed by atoms with van der Waals surface area (Å²) in [5.74, 6) is 0. The minimum absolute atomic E-state index is 0.632. The Morgan fingerprint density at radius 3 is 3.07 bits per heavy atom. The van der Waals surface area contributed by atoms with Crippen LogP contribution in [0.4, 0.5) is 5.13 Å². The Balaban J connectivity index is 2.10. The maximum absolute atomic E-state index is 5.39. The molecule has 14 heavy (non-hydrogen) atoms. The molecule has 2 aromatic rings. The van der Waals surface area contributed by atoms with Gasteiger partial charge in [-0.3, -0.25) is 0 Å². The van der Waals surface area contributed by atoms with Crippen molar-refractivity contribution in [1.82, 2.24) is 4.98 Å². The zero-order valence-corrected chi connectivity index (χ0v) is 9.20. The van der Waals surface area contributed by atoms with Crippen molar-refractivity contribution in [3.8, 4) is 11.3 Å². The molecule has 0 amide bonds. The van der Waals surface area contributed by atoms with Crippen molar-refractivity contribution in [2.75, 3.05) is 18.4 Å². The second kappa shape index (κ2) is 4.54. The molecule has 3 nitrogen and oxygen atoms in total. The number of hydrogen-bond donors (Lipinski definition) is 2. The van der Waals surface area contributed by atoms with Gasteiger partial charge in [-0.05, 0) is 11.4 Å². The van der Waals surface area contributed by atoms with Crippen LogP contribution in [0.1, 0.15) is 0 Å². The van der Waals surface area contributed by atoms with Crippen LogP contribution in [-0.4, -0.2) is 18.1 Å². The van der Waals surface area contributed by atoms with Gasteiger partial charge in [0.05, 0.1) is 5.69 Å². The monoisotopic (exact) mass is 225 g/mol. The van der Waals surface area contributed by atoms with Gasteiger partial charge in [0.1, 0.15) is 0 Å². The average molecular weight is 225 g/mol. The summed E-state index contributed by atoms with van der Waals surface area (Å²) in [6.07, 6.45) is 0. The van der Waals surface area contributed by atoms with Gasteiger partial charge < -0.3 is 11.1 Å². The first kappa shape index (κ1) is 9.64. The van der Waals surface area contributed by atoms with Crippen LogP contribution in [0.25, 0.3) is 11.3 Å². The molecule has 74 valence electrons. The van der Waals surface area contributed by atoms with Crippen LogP contribution in [-0.2, 0) is 0 Å². The van der Waals surface area contributed by atoms with E-state index in [1.807, 2.05) is 0 Å². The van der Waals surface area contributed by atoms with Gasteiger partial charge in [0, 0.05) is 29.4 Å². The van der Waals surface area contributed by atoms with Gasteiger partial charge >= 0.3 is 0 Å². The summed E-state index contributed by atoms with van der Waals surface area (Å²) in [7, 11) is 0. The zero-order chi connectivity index (χ0) is 9.80. The van der Waals surface area contributed by atoms with E-state index in [2.05, 4.69) is 32.5 Å². The summed E-state index contributed by atoms with van der Waals surface area (Å²) in [5, 5.41) is 10.3. The van der Waals surface area contributed by atoms with Gasteiger partial charge in [0.25, 0.3) is 0 Å². The third-order valence-electron chi connectivity index (χ3n) is 1.74. The molecule has 0 aromatic carbocycles. The van der Waals surface area contributed by atoms with Crippen LogP contribution >= 0.6 is 22.7 Å². The fourth-order valence-electron chi connectivity index (χ4n) is 1.08. The predicted molar refractivity (Wildman–Crippen MR) is 63.0 cm³/mol. The molecule has 2 rings (SSSR count). The van der Waals surface area contributed by atoms with Crippen molar-refractivity contribution in [3.63, 3.8) is 0 Å². The van der Waals surface area contributed by atoms with Gasteiger partial charge in [-0.15, -0.1) is 11.3 Å². The molecule has 0 saturated carbocycles. The molecular formula is C9H11N3S2. The second-order valence-electron chi connectivity index (χ2n) is 2.77. The van der Waals surface area contributed by atoms with Crippen molar-refractivity contribution in [1.29, 1.82) is 0 Å². The summed E-state index contributed by atoms with van der Waals surface area (Å²) < 4.78 is 0. The minimum atomic E-state index is 0.632. The summed E-state index contributed by atoms with van der Waals surface area (Å²) >= 11 is 3.30. The van der Waals surface area contributed by atoms with E-state index < -0.39 is 0 Å². The Morgan fingerprint density at radius 1 is 1.43 bits per heavy atom. The SMILES string of the molecule is NCCNc1nc(-c2ccsc2)cs1. The molecule has 0 aliphatic carbocycles. The maximum Gasteiger partial charge on any atom is 0.183 e. The molecule has 0 aliphatic heterocycles. The molecule has 0 radical (unpaired) electrons. The van der Waals surface area contributed by atoms with Gasteiger partial charge in [0.2, 0.25) is 0 Å². The topological polar surface area (TPSA) is 50.9 Å². The summed E-state index contributed by atoms with van der Waals surface area (Å²) in [5.41, 5.74) is 7.62. The number of thiophene rings is 1. The van der Waals surface area contributed by atoms with Crippen LogP contribution in [0, 0.1) is 0 Å². The first-order valence-corrected chi connectivity index (χ1v) is 6.14. The van der Waals surface area contributed by atoms with Crippen molar-refractivity contribution in [2.45, 2.75) is 0 Å². The molecular weight excluding hydrogens is 214 g/mol. The number of aromatic nitrogens is 1. The highest BCUT2D eigenvalue weighted by Crippen LogP contribution is 2.26. The Kier molecular flexibility index (Phi) is 3.13. The largest absolute Gasteiger partial charge is 0.360 e. The lowest BCUT2D eigenvalue weighted by Gasteiger charge is -1.96. The van der Waals surface area contributed by atoms with Gasteiger partial charge in [0.15, 0.2) is 5.13 Å². The molecule has 5 heteroatoms. The Labute approximate surface area is 90.6 Å². The molecule has 0 saturated heterocycles. The summed E-state index contributed by atoms with van der Waals surface area (Å²) in [6.45, 7) is 1.41. The molecule has 0 fully saturated rings. The minimum Gasteiger partial charge on any atom is -0.360 e. The Hall–Kier alpha value is -0.910. The highest BCUT2D eigenvalue weighted by atomic mass is 32.1. The Bertz CT molecular complexity index is 380. The van der Waals surface area contributed by atoms with E-state index in [0.29, 0.717) is 6.54 Å². The lowest BCUT2D eigenvalue weighted by molar-refractivity contribution is 1.02. The second-order valence-corrected chi connectivity index (χ2v) is 4.40. The van der Waals surface area contributed by atoms with Gasteiger partial charge in [-0.1, -0.05) is 0 Å². The zero-order valence-electron chi connectivity index (χ0n) is 7.56. The van der Waals surface area contributed by atoms with E-state index in [4.69, 9.17) is 5.73 Å². The molecule has 0 bridgehead atoms. The number of anilines is 1. The molecule has 0 atom stereocenters. The molecule has 0 aliphatic rings. The number of hydrogen-bond acceptors (Lipinski definition) is 5. The molecule has 0 unspecified atom stereocenters. The lowest BCUT2D eigenvalue weighted by Crippen LogP contribution is -2.12. The van der Waals surface area contributed by atoms with Crippen LogP contribution in [0.2, 0.25) is 0 Å². The third-order valence-corrected chi connectivity index (χ3v) is 3.22. The van der Waals surface area contributed by atoms with E-state index in [-0.39, 0.29) is 0 Å². The molecule has 2 aromatic heterocycles. The van der Waals surface area contributed by atoms with Crippen molar-refractivity contribution in [2.24, 2.45) is 5.73 Å². The van der Waals surface area contributed by atoms with Gasteiger partial charge in [-0.25, -0.2) is 4.98 Å². The number of nitrogens with zero attached hydrogens (tertiary/aromatic N) is 1. The normalized spacial score (nSPS) is 10.4. The fourth-order valence-corrected chi connectivity index (χ4v) is 2.47.